The quantitative estimate of drug-likeness (QED) is 0.873. The van der Waals surface area contributed by atoms with Crippen molar-refractivity contribution in [1.29, 1.82) is 0 Å². The Morgan fingerprint density at radius 1 is 1.35 bits per heavy atom. The number of anilines is 1. The van der Waals surface area contributed by atoms with Gasteiger partial charge in [0.15, 0.2) is 9.84 Å². The zero-order valence-corrected chi connectivity index (χ0v) is 12.3. The van der Waals surface area contributed by atoms with E-state index in [1.165, 1.54) is 0 Å². The van der Waals surface area contributed by atoms with Gasteiger partial charge in [-0.3, -0.25) is 0 Å². The number of sulfone groups is 1. The monoisotopic (exact) mass is 294 g/mol. The smallest absolute Gasteiger partial charge is 0.152 e. The fraction of sp³-hybridized carbons (Fsp3) is 0.385. The van der Waals surface area contributed by atoms with Gasteiger partial charge in [-0.05, 0) is 19.1 Å². The molecule has 0 aliphatic rings. The molecule has 0 fully saturated rings. The van der Waals surface area contributed by atoms with Crippen LogP contribution < -0.4 is 5.32 Å². The third kappa shape index (κ3) is 3.57. The predicted octanol–water partition coefficient (Wildman–Crippen LogP) is 1.50. The number of hydrogen-bond acceptors (Lipinski definition) is 5. The van der Waals surface area contributed by atoms with Crippen molar-refractivity contribution in [1.82, 2.24) is 15.0 Å². The van der Waals surface area contributed by atoms with Crippen LogP contribution in [0.15, 0.2) is 36.7 Å². The number of para-hydroxylation sites is 2. The van der Waals surface area contributed by atoms with E-state index in [2.05, 4.69) is 15.6 Å². The van der Waals surface area contributed by atoms with Crippen molar-refractivity contribution in [3.8, 4) is 5.69 Å². The van der Waals surface area contributed by atoms with Crippen molar-refractivity contribution in [3.63, 3.8) is 0 Å². The topological polar surface area (TPSA) is 76.9 Å². The number of hydrogen-bond donors (Lipinski definition) is 1. The Morgan fingerprint density at radius 2 is 2.10 bits per heavy atom. The lowest BCUT2D eigenvalue weighted by Crippen LogP contribution is -2.27. The Hall–Kier alpha value is -1.89. The van der Waals surface area contributed by atoms with Crippen LogP contribution in [-0.4, -0.2) is 41.0 Å². The predicted molar refractivity (Wildman–Crippen MR) is 78.8 cm³/mol. The minimum atomic E-state index is -3.00. The van der Waals surface area contributed by atoms with Gasteiger partial charge in [-0.15, -0.1) is 5.10 Å². The van der Waals surface area contributed by atoms with Crippen LogP contribution in [0.4, 0.5) is 5.69 Å². The van der Waals surface area contributed by atoms with Crippen LogP contribution in [0.25, 0.3) is 5.69 Å². The Balaban J connectivity index is 2.18. The highest BCUT2D eigenvalue weighted by atomic mass is 32.2. The van der Waals surface area contributed by atoms with E-state index in [0.29, 0.717) is 0 Å². The summed E-state index contributed by atoms with van der Waals surface area (Å²) < 4.78 is 24.9. The van der Waals surface area contributed by atoms with E-state index in [1.54, 1.807) is 24.0 Å². The van der Waals surface area contributed by atoms with E-state index >= 15 is 0 Å². The molecule has 0 bridgehead atoms. The molecule has 6 nitrogen and oxygen atoms in total. The highest BCUT2D eigenvalue weighted by Crippen LogP contribution is 2.19. The van der Waals surface area contributed by atoms with Crippen LogP contribution in [0.1, 0.15) is 13.8 Å². The van der Waals surface area contributed by atoms with E-state index in [9.17, 15) is 8.42 Å². The van der Waals surface area contributed by atoms with Crippen LogP contribution in [0, 0.1) is 0 Å². The zero-order chi connectivity index (χ0) is 14.6. The summed E-state index contributed by atoms with van der Waals surface area (Å²) in [4.78, 5) is 0. The number of nitrogens with one attached hydrogen (secondary N) is 1. The largest absolute Gasteiger partial charge is 0.380 e. The highest BCUT2D eigenvalue weighted by Gasteiger charge is 2.15. The highest BCUT2D eigenvalue weighted by molar-refractivity contribution is 7.91. The van der Waals surface area contributed by atoms with Gasteiger partial charge in [0.1, 0.15) is 0 Å². The molecule has 20 heavy (non-hydrogen) atoms. The Morgan fingerprint density at radius 3 is 2.75 bits per heavy atom. The van der Waals surface area contributed by atoms with Crippen LogP contribution in [0.2, 0.25) is 0 Å². The molecule has 0 radical (unpaired) electrons. The molecule has 0 spiro atoms. The molecular formula is C13H18N4O2S. The number of benzene rings is 1. The van der Waals surface area contributed by atoms with E-state index in [-0.39, 0.29) is 17.5 Å². The number of rotatable bonds is 6. The van der Waals surface area contributed by atoms with E-state index in [1.807, 2.05) is 31.2 Å². The summed E-state index contributed by atoms with van der Waals surface area (Å²) in [5, 5.41) is 11.0. The van der Waals surface area contributed by atoms with Gasteiger partial charge in [0.05, 0.1) is 29.5 Å². The second-order valence-corrected chi connectivity index (χ2v) is 7.01. The molecule has 2 aromatic rings. The molecule has 1 aromatic heterocycles. The fourth-order valence-corrected chi connectivity index (χ4v) is 3.02. The number of aromatic nitrogens is 3. The molecule has 2 rings (SSSR count). The lowest BCUT2D eigenvalue weighted by atomic mass is 10.2. The van der Waals surface area contributed by atoms with Crippen molar-refractivity contribution >= 4 is 15.5 Å². The molecular weight excluding hydrogens is 276 g/mol. The van der Waals surface area contributed by atoms with Crippen molar-refractivity contribution in [2.24, 2.45) is 0 Å². The summed E-state index contributed by atoms with van der Waals surface area (Å²) >= 11 is 0. The minimum absolute atomic E-state index is 0.106. The van der Waals surface area contributed by atoms with Gasteiger partial charge < -0.3 is 5.32 Å². The molecule has 0 saturated heterocycles. The summed E-state index contributed by atoms with van der Waals surface area (Å²) in [5.41, 5.74) is 1.67. The van der Waals surface area contributed by atoms with E-state index < -0.39 is 9.84 Å². The molecule has 1 unspecified atom stereocenters. The first-order chi connectivity index (χ1) is 9.52. The third-order valence-electron chi connectivity index (χ3n) is 2.92. The molecule has 0 aliphatic heterocycles. The zero-order valence-electron chi connectivity index (χ0n) is 11.5. The molecule has 0 saturated carbocycles. The average Bonchev–Trinajstić information content (AvgIpc) is 2.92. The molecule has 1 N–H and O–H groups in total. The van der Waals surface area contributed by atoms with Crippen molar-refractivity contribution in [3.05, 3.63) is 36.7 Å². The Bertz CT molecular complexity index is 653. The molecule has 1 heterocycles. The lowest BCUT2D eigenvalue weighted by molar-refractivity contribution is 0.593. The average molecular weight is 294 g/mol. The molecule has 7 heteroatoms. The van der Waals surface area contributed by atoms with Crippen LogP contribution >= 0.6 is 0 Å². The summed E-state index contributed by atoms with van der Waals surface area (Å²) in [7, 11) is -3.00. The van der Waals surface area contributed by atoms with Gasteiger partial charge >= 0.3 is 0 Å². The summed E-state index contributed by atoms with van der Waals surface area (Å²) in [6.45, 7) is 3.51. The van der Waals surface area contributed by atoms with Crippen LogP contribution in [0.3, 0.4) is 0 Å². The normalized spacial score (nSPS) is 13.1. The van der Waals surface area contributed by atoms with E-state index in [4.69, 9.17) is 0 Å². The maximum atomic E-state index is 11.6. The maximum Gasteiger partial charge on any atom is 0.152 e. The summed E-state index contributed by atoms with van der Waals surface area (Å²) in [6, 6.07) is 7.41. The second-order valence-electron chi connectivity index (χ2n) is 4.61. The first kappa shape index (κ1) is 14.5. The third-order valence-corrected chi connectivity index (χ3v) is 4.81. The van der Waals surface area contributed by atoms with Gasteiger partial charge in [-0.2, -0.15) is 0 Å². The minimum Gasteiger partial charge on any atom is -0.380 e. The SMILES string of the molecule is CCS(=O)(=O)CC(C)Nc1ccccc1-n1ccnn1. The Labute approximate surface area is 118 Å². The fourth-order valence-electron chi connectivity index (χ4n) is 1.94. The first-order valence-electron chi connectivity index (χ1n) is 6.44. The first-order valence-corrected chi connectivity index (χ1v) is 8.26. The van der Waals surface area contributed by atoms with Gasteiger partial charge in [0.2, 0.25) is 0 Å². The van der Waals surface area contributed by atoms with Gasteiger partial charge in [-0.1, -0.05) is 24.3 Å². The van der Waals surface area contributed by atoms with Gasteiger partial charge in [0.25, 0.3) is 0 Å². The van der Waals surface area contributed by atoms with Gasteiger partial charge in [-0.25, -0.2) is 13.1 Å². The second kappa shape index (κ2) is 6.04. The van der Waals surface area contributed by atoms with Crippen molar-refractivity contribution in [2.45, 2.75) is 19.9 Å². The standard InChI is InChI=1S/C13H18N4O2S/c1-3-20(18,19)10-11(2)15-12-6-4-5-7-13(12)17-9-8-14-16-17/h4-9,11,15H,3,10H2,1-2H3. The Kier molecular flexibility index (Phi) is 4.39. The number of nitrogens with zero attached hydrogens (tertiary/aromatic N) is 3. The molecule has 108 valence electrons. The molecule has 0 amide bonds. The van der Waals surface area contributed by atoms with Crippen LogP contribution in [-0.2, 0) is 9.84 Å². The maximum absolute atomic E-state index is 11.6. The van der Waals surface area contributed by atoms with E-state index in [0.717, 1.165) is 11.4 Å². The summed E-state index contributed by atoms with van der Waals surface area (Å²) in [6.07, 6.45) is 3.34. The van der Waals surface area contributed by atoms with Crippen molar-refractivity contribution < 1.29 is 8.42 Å². The molecule has 1 aromatic carbocycles. The summed E-state index contributed by atoms with van der Waals surface area (Å²) in [5.74, 6) is 0.263. The van der Waals surface area contributed by atoms with Crippen molar-refractivity contribution in [2.75, 3.05) is 16.8 Å². The lowest BCUT2D eigenvalue weighted by Gasteiger charge is -2.17. The molecule has 0 aliphatic carbocycles. The molecule has 1 atom stereocenters. The van der Waals surface area contributed by atoms with Gasteiger partial charge in [0, 0.05) is 11.8 Å². The van der Waals surface area contributed by atoms with Crippen LogP contribution in [0.5, 0.6) is 0 Å².